The Hall–Kier alpha value is -1.61. The van der Waals surface area contributed by atoms with Crippen molar-refractivity contribution in [1.82, 2.24) is 4.90 Å². The first-order valence-electron chi connectivity index (χ1n) is 11.0. The third kappa shape index (κ3) is 4.66. The van der Waals surface area contributed by atoms with Gasteiger partial charge in [-0.15, -0.1) is 0 Å². The first-order chi connectivity index (χ1) is 14.6. The predicted octanol–water partition coefficient (Wildman–Crippen LogP) is 5.33. The lowest BCUT2D eigenvalue weighted by molar-refractivity contribution is 0.120. The number of methoxy groups -OCH3 is 2. The first-order valence-corrected chi connectivity index (χ1v) is 11.5. The molecule has 2 aromatic carbocycles. The molecule has 1 aliphatic carbocycles. The Morgan fingerprint density at radius 2 is 1.67 bits per heavy atom. The average molecular weight is 428 g/mol. The number of hydrogen-bond acceptors (Lipinski definition) is 4. The van der Waals surface area contributed by atoms with E-state index in [0.717, 1.165) is 30.4 Å². The van der Waals surface area contributed by atoms with E-state index in [9.17, 15) is 0 Å². The monoisotopic (exact) mass is 427 g/mol. The van der Waals surface area contributed by atoms with Gasteiger partial charge in [-0.2, -0.15) is 0 Å². The van der Waals surface area contributed by atoms with Crippen molar-refractivity contribution in [2.24, 2.45) is 11.8 Å². The minimum atomic E-state index is 0.121. The first kappa shape index (κ1) is 21.6. The van der Waals surface area contributed by atoms with Crippen LogP contribution in [-0.4, -0.2) is 32.2 Å². The van der Waals surface area contributed by atoms with Crippen molar-refractivity contribution in [3.63, 3.8) is 0 Å². The molecule has 0 amide bonds. The summed E-state index contributed by atoms with van der Waals surface area (Å²) in [5.74, 6) is 2.88. The van der Waals surface area contributed by atoms with Gasteiger partial charge in [0.25, 0.3) is 0 Å². The molecule has 3 atom stereocenters. The molecule has 0 N–H and O–H groups in total. The third-order valence-electron chi connectivity index (χ3n) is 6.88. The average Bonchev–Trinajstić information content (AvgIpc) is 3.11. The maximum Gasteiger partial charge on any atom is 0.161 e. The summed E-state index contributed by atoms with van der Waals surface area (Å²) >= 11 is 0. The topological polar surface area (TPSA) is 30.9 Å². The van der Waals surface area contributed by atoms with Gasteiger partial charge >= 0.3 is 0 Å². The lowest BCUT2D eigenvalue weighted by Crippen LogP contribution is -2.34. The molecule has 2 aromatic rings. The molecular formula is C25H34NO3P. The lowest BCUT2D eigenvalue weighted by Gasteiger charge is -2.34. The summed E-state index contributed by atoms with van der Waals surface area (Å²) in [4.78, 5) is 2.60. The lowest BCUT2D eigenvalue weighted by atomic mass is 9.85. The van der Waals surface area contributed by atoms with Crippen LogP contribution in [0.15, 0.2) is 36.4 Å². The van der Waals surface area contributed by atoms with Crippen LogP contribution in [0, 0.1) is 18.8 Å². The smallest absolute Gasteiger partial charge is 0.161 e. The van der Waals surface area contributed by atoms with Gasteiger partial charge in [0, 0.05) is 16.0 Å². The Kier molecular flexibility index (Phi) is 6.98. The summed E-state index contributed by atoms with van der Waals surface area (Å²) in [5.41, 5.74) is 5.34. The van der Waals surface area contributed by atoms with Crippen LogP contribution in [0.5, 0.6) is 11.5 Å². The van der Waals surface area contributed by atoms with Crippen molar-refractivity contribution in [2.45, 2.75) is 45.3 Å². The normalized spacial score (nSPS) is 22.1. The van der Waals surface area contributed by atoms with E-state index >= 15 is 0 Å². The van der Waals surface area contributed by atoms with E-state index in [1.807, 2.05) is 0 Å². The van der Waals surface area contributed by atoms with Crippen molar-refractivity contribution < 1.29 is 14.0 Å². The number of rotatable bonds is 7. The molecule has 0 aromatic heterocycles. The Bertz CT molecular complexity index is 846. The molecule has 4 rings (SSSR count). The van der Waals surface area contributed by atoms with Crippen LogP contribution in [0.25, 0.3) is 0 Å². The molecule has 1 aliphatic heterocycles. The molecule has 0 radical (unpaired) electrons. The molecule has 5 heteroatoms. The van der Waals surface area contributed by atoms with Crippen LogP contribution in [0.3, 0.4) is 0 Å². The van der Waals surface area contributed by atoms with Crippen molar-refractivity contribution in [3.05, 3.63) is 58.7 Å². The minimum absolute atomic E-state index is 0.121. The molecule has 30 heavy (non-hydrogen) atoms. The molecular weight excluding hydrogens is 393 g/mol. The van der Waals surface area contributed by atoms with E-state index in [0.29, 0.717) is 5.92 Å². The van der Waals surface area contributed by atoms with E-state index in [2.05, 4.69) is 57.7 Å². The van der Waals surface area contributed by atoms with Gasteiger partial charge in [0.05, 0.1) is 20.3 Å². The van der Waals surface area contributed by atoms with Crippen LogP contribution in [0.1, 0.15) is 47.6 Å². The van der Waals surface area contributed by atoms with Crippen LogP contribution in [0.2, 0.25) is 0 Å². The highest BCUT2D eigenvalue weighted by molar-refractivity contribution is 7.09. The largest absolute Gasteiger partial charge is 0.493 e. The van der Waals surface area contributed by atoms with Gasteiger partial charge in [0.2, 0.25) is 0 Å². The molecule has 1 heterocycles. The fourth-order valence-electron chi connectivity index (χ4n) is 5.17. The highest BCUT2D eigenvalue weighted by Gasteiger charge is 2.36. The molecule has 162 valence electrons. The molecule has 0 saturated carbocycles. The second-order valence-electron chi connectivity index (χ2n) is 8.87. The summed E-state index contributed by atoms with van der Waals surface area (Å²) in [6, 6.07) is 13.2. The maximum atomic E-state index is 5.88. The Morgan fingerprint density at radius 3 is 2.30 bits per heavy atom. The number of fused-ring (bicyclic) bond motifs is 1. The fourth-order valence-corrected chi connectivity index (χ4v) is 5.54. The van der Waals surface area contributed by atoms with E-state index in [-0.39, 0.29) is 6.10 Å². The molecule has 1 fully saturated rings. The zero-order valence-corrected chi connectivity index (χ0v) is 19.5. The zero-order valence-electron chi connectivity index (χ0n) is 18.4. The predicted molar refractivity (Wildman–Crippen MR) is 124 cm³/mol. The van der Waals surface area contributed by atoms with Gasteiger partial charge < -0.3 is 14.0 Å². The number of benzene rings is 2. The summed E-state index contributed by atoms with van der Waals surface area (Å²) in [7, 11) is 5.88. The van der Waals surface area contributed by atoms with Crippen LogP contribution in [-0.2, 0) is 17.5 Å². The van der Waals surface area contributed by atoms with Gasteiger partial charge in [-0.3, -0.25) is 4.90 Å². The van der Waals surface area contributed by atoms with Gasteiger partial charge in [-0.1, -0.05) is 29.8 Å². The molecule has 0 spiro atoms. The molecule has 2 aliphatic rings. The van der Waals surface area contributed by atoms with Crippen molar-refractivity contribution in [2.75, 3.05) is 27.3 Å². The number of ether oxygens (including phenoxy) is 2. The maximum absolute atomic E-state index is 5.88. The van der Waals surface area contributed by atoms with Gasteiger partial charge in [-0.05, 0) is 86.4 Å². The quantitative estimate of drug-likeness (QED) is 0.559. The molecule has 3 unspecified atom stereocenters. The second-order valence-corrected chi connectivity index (χ2v) is 9.14. The van der Waals surface area contributed by atoms with Crippen molar-refractivity contribution in [1.29, 1.82) is 0 Å². The third-order valence-corrected chi connectivity index (χ3v) is 7.17. The summed E-state index contributed by atoms with van der Waals surface area (Å²) in [5, 5.41) is 0. The van der Waals surface area contributed by atoms with E-state index in [1.165, 1.54) is 54.6 Å². The van der Waals surface area contributed by atoms with Crippen LogP contribution >= 0.6 is 9.47 Å². The van der Waals surface area contributed by atoms with Crippen LogP contribution in [0.4, 0.5) is 0 Å². The van der Waals surface area contributed by atoms with E-state index in [4.69, 9.17) is 14.0 Å². The SMILES string of the molecule is COc1cc2c(cc1OC)C(OP)C(CC1CCN(Cc3ccc(C)cc3)CC1)C2. The van der Waals surface area contributed by atoms with E-state index < -0.39 is 0 Å². The zero-order chi connectivity index (χ0) is 21.1. The Balaban J connectivity index is 1.35. The van der Waals surface area contributed by atoms with E-state index in [1.54, 1.807) is 14.2 Å². The number of aryl methyl sites for hydroxylation is 1. The van der Waals surface area contributed by atoms with Gasteiger partial charge in [-0.25, -0.2) is 0 Å². The summed E-state index contributed by atoms with van der Waals surface area (Å²) in [6.07, 6.45) is 4.94. The molecule has 0 bridgehead atoms. The van der Waals surface area contributed by atoms with Gasteiger partial charge in [0.15, 0.2) is 11.5 Å². The van der Waals surface area contributed by atoms with Gasteiger partial charge in [0.1, 0.15) is 0 Å². The van der Waals surface area contributed by atoms with Crippen molar-refractivity contribution >= 4 is 9.47 Å². The molecule has 4 nitrogen and oxygen atoms in total. The number of hydrogen-bond donors (Lipinski definition) is 0. The minimum Gasteiger partial charge on any atom is -0.493 e. The standard InChI is InChI=1S/C25H34NO3P/c1-17-4-6-19(7-5-17)16-26-10-8-18(9-11-26)12-21-13-20-14-23(27-2)24(28-3)15-22(20)25(21)29-30/h4-7,14-15,18,21,25H,8-13,16,30H2,1-3H3. The number of piperidine rings is 1. The summed E-state index contributed by atoms with van der Waals surface area (Å²) < 4.78 is 16.9. The molecule has 1 saturated heterocycles. The highest BCUT2D eigenvalue weighted by atomic mass is 31.0. The Morgan fingerprint density at radius 1 is 1.00 bits per heavy atom. The number of likely N-dealkylation sites (tertiary alicyclic amines) is 1. The fraction of sp³-hybridized carbons (Fsp3) is 0.520. The summed E-state index contributed by atoms with van der Waals surface area (Å²) in [6.45, 7) is 5.59. The van der Waals surface area contributed by atoms with Crippen LogP contribution < -0.4 is 9.47 Å². The van der Waals surface area contributed by atoms with Crippen molar-refractivity contribution in [3.8, 4) is 11.5 Å². The second kappa shape index (κ2) is 9.68. The number of nitrogens with zero attached hydrogens (tertiary/aromatic N) is 1. The Labute approximate surface area is 183 Å². The highest BCUT2D eigenvalue weighted by Crippen LogP contribution is 2.47.